The number of nitrogens with zero attached hydrogens (tertiary/aromatic N) is 2. The number of nitriles is 1. The van der Waals surface area contributed by atoms with E-state index >= 15 is 0 Å². The number of hydrogen-bond acceptors (Lipinski definition) is 4. The van der Waals surface area contributed by atoms with Gasteiger partial charge in [0.2, 0.25) is 5.91 Å². The van der Waals surface area contributed by atoms with Crippen LogP contribution in [0, 0.1) is 11.3 Å². The van der Waals surface area contributed by atoms with Crippen molar-refractivity contribution in [1.82, 2.24) is 15.5 Å². The minimum absolute atomic E-state index is 0.114. The Morgan fingerprint density at radius 1 is 1.10 bits per heavy atom. The van der Waals surface area contributed by atoms with Crippen molar-refractivity contribution in [3.63, 3.8) is 0 Å². The van der Waals surface area contributed by atoms with Crippen LogP contribution in [0.4, 0.5) is 4.79 Å². The van der Waals surface area contributed by atoms with Gasteiger partial charge in [0.15, 0.2) is 0 Å². The molecule has 148 valence electrons. The Morgan fingerprint density at radius 3 is 2.52 bits per heavy atom. The van der Waals surface area contributed by atoms with Gasteiger partial charge < -0.3 is 20.6 Å². The summed E-state index contributed by atoms with van der Waals surface area (Å²) < 4.78 is 0. The summed E-state index contributed by atoms with van der Waals surface area (Å²) in [6.45, 7) is 1.02. The molecule has 29 heavy (non-hydrogen) atoms. The first-order chi connectivity index (χ1) is 14.0. The predicted molar refractivity (Wildman–Crippen MR) is 105 cm³/mol. The molecule has 1 heterocycles. The maximum absolute atomic E-state index is 12.6. The Kier molecular flexibility index (Phi) is 5.19. The van der Waals surface area contributed by atoms with Crippen molar-refractivity contribution in [3.05, 3.63) is 70.8 Å². The van der Waals surface area contributed by atoms with Gasteiger partial charge in [-0.1, -0.05) is 36.4 Å². The molecular formula is C22H22N4O3. The predicted octanol–water partition coefficient (Wildman–Crippen LogP) is 2.14. The van der Waals surface area contributed by atoms with Crippen LogP contribution < -0.4 is 10.6 Å². The number of carbonyl (C=O) groups is 2. The zero-order valence-electron chi connectivity index (χ0n) is 15.8. The topological polar surface area (TPSA) is 105 Å². The highest BCUT2D eigenvalue weighted by Crippen LogP contribution is 2.38. The molecule has 1 aliphatic heterocycles. The van der Waals surface area contributed by atoms with Gasteiger partial charge in [-0.25, -0.2) is 4.79 Å². The molecule has 2 aliphatic rings. The van der Waals surface area contributed by atoms with Crippen molar-refractivity contribution in [2.75, 3.05) is 6.54 Å². The van der Waals surface area contributed by atoms with Gasteiger partial charge in [0.25, 0.3) is 0 Å². The van der Waals surface area contributed by atoms with Gasteiger partial charge in [-0.05, 0) is 35.2 Å². The number of hydrogen-bond donors (Lipinski definition) is 3. The lowest BCUT2D eigenvalue weighted by Gasteiger charge is -2.19. The Bertz CT molecular complexity index is 967. The molecule has 1 aliphatic carbocycles. The fourth-order valence-corrected chi connectivity index (χ4v) is 4.04. The summed E-state index contributed by atoms with van der Waals surface area (Å²) in [5.41, 5.74) is 3.27. The van der Waals surface area contributed by atoms with Gasteiger partial charge in [0, 0.05) is 19.5 Å². The van der Waals surface area contributed by atoms with E-state index in [0.717, 1.165) is 16.7 Å². The van der Waals surface area contributed by atoms with E-state index in [1.54, 1.807) is 17.0 Å². The molecule has 0 radical (unpaired) electrons. The van der Waals surface area contributed by atoms with Gasteiger partial charge in [-0.2, -0.15) is 5.26 Å². The molecule has 7 nitrogen and oxygen atoms in total. The van der Waals surface area contributed by atoms with Crippen molar-refractivity contribution in [3.8, 4) is 6.07 Å². The highest BCUT2D eigenvalue weighted by Gasteiger charge is 2.34. The van der Waals surface area contributed by atoms with E-state index in [-0.39, 0.29) is 11.9 Å². The third-order valence-electron chi connectivity index (χ3n) is 5.55. The van der Waals surface area contributed by atoms with Gasteiger partial charge in [-0.15, -0.1) is 0 Å². The normalized spacial score (nSPS) is 22.8. The first-order valence-corrected chi connectivity index (χ1v) is 9.67. The molecule has 0 saturated carbocycles. The van der Waals surface area contributed by atoms with E-state index in [0.29, 0.717) is 31.5 Å². The number of nitrogens with one attached hydrogen (secondary N) is 2. The zero-order chi connectivity index (χ0) is 20.4. The number of rotatable bonds is 4. The molecule has 7 heteroatoms. The summed E-state index contributed by atoms with van der Waals surface area (Å²) in [6, 6.07) is 15.5. The van der Waals surface area contributed by atoms with Crippen molar-refractivity contribution in [1.29, 1.82) is 5.26 Å². The number of aliphatic hydroxyl groups is 1. The number of fused-ring (bicyclic) bond motifs is 1. The van der Waals surface area contributed by atoms with Gasteiger partial charge in [-0.3, -0.25) is 4.79 Å². The van der Waals surface area contributed by atoms with E-state index < -0.39 is 18.2 Å². The lowest BCUT2D eigenvalue weighted by molar-refractivity contribution is -0.129. The SMILES string of the molecule is N#Cc1ccc(CN2CCC(NC(=O)NC3CC(O)c4ccccc43)C2=O)cc1. The number of benzene rings is 2. The quantitative estimate of drug-likeness (QED) is 0.744. The summed E-state index contributed by atoms with van der Waals surface area (Å²) >= 11 is 0. The zero-order valence-corrected chi connectivity index (χ0v) is 15.8. The van der Waals surface area contributed by atoms with Crippen LogP contribution in [0.3, 0.4) is 0 Å². The maximum atomic E-state index is 12.6. The Labute approximate surface area is 168 Å². The van der Waals surface area contributed by atoms with Gasteiger partial charge >= 0.3 is 6.03 Å². The van der Waals surface area contributed by atoms with Crippen molar-refractivity contribution in [2.45, 2.75) is 37.6 Å². The third-order valence-corrected chi connectivity index (χ3v) is 5.55. The second-order valence-electron chi connectivity index (χ2n) is 7.46. The van der Waals surface area contributed by atoms with Crippen LogP contribution in [-0.4, -0.2) is 34.5 Å². The van der Waals surface area contributed by atoms with Crippen LogP contribution in [0.5, 0.6) is 0 Å². The summed E-state index contributed by atoms with van der Waals surface area (Å²) in [5, 5.41) is 24.7. The third kappa shape index (κ3) is 3.93. The van der Waals surface area contributed by atoms with Crippen LogP contribution in [-0.2, 0) is 11.3 Å². The number of urea groups is 1. The van der Waals surface area contributed by atoms with E-state index in [2.05, 4.69) is 16.7 Å². The van der Waals surface area contributed by atoms with Gasteiger partial charge in [0.05, 0.1) is 23.8 Å². The monoisotopic (exact) mass is 390 g/mol. The standard InChI is InChI=1S/C22H22N4O3/c23-12-14-5-7-15(8-6-14)13-26-10-9-18(21(26)28)24-22(29)25-19-11-20(27)17-4-2-1-3-16(17)19/h1-8,18-20,27H,9-11,13H2,(H2,24,25,29). The van der Waals surface area contributed by atoms with Crippen LogP contribution in [0.15, 0.2) is 48.5 Å². The molecule has 0 aromatic heterocycles. The largest absolute Gasteiger partial charge is 0.388 e. The molecule has 3 atom stereocenters. The molecule has 2 aromatic carbocycles. The maximum Gasteiger partial charge on any atom is 0.315 e. The molecule has 1 fully saturated rings. The molecule has 3 unspecified atom stereocenters. The summed E-state index contributed by atoms with van der Waals surface area (Å²) in [4.78, 5) is 26.8. The van der Waals surface area contributed by atoms with Crippen molar-refractivity contribution < 1.29 is 14.7 Å². The molecule has 0 spiro atoms. The lowest BCUT2D eigenvalue weighted by Crippen LogP contribution is -2.46. The first-order valence-electron chi connectivity index (χ1n) is 9.67. The van der Waals surface area contributed by atoms with Crippen molar-refractivity contribution >= 4 is 11.9 Å². The van der Waals surface area contributed by atoms with E-state index in [4.69, 9.17) is 5.26 Å². The molecule has 4 rings (SSSR count). The number of carbonyl (C=O) groups excluding carboxylic acids is 2. The fraction of sp³-hybridized carbons (Fsp3) is 0.318. The molecule has 3 amide bonds. The van der Waals surface area contributed by atoms with E-state index in [1.165, 1.54) is 0 Å². The minimum atomic E-state index is -0.590. The second-order valence-corrected chi connectivity index (χ2v) is 7.46. The summed E-state index contributed by atoms with van der Waals surface area (Å²) in [5.74, 6) is -0.114. The van der Waals surface area contributed by atoms with Gasteiger partial charge in [0.1, 0.15) is 6.04 Å². The van der Waals surface area contributed by atoms with Crippen LogP contribution in [0.25, 0.3) is 0 Å². The average Bonchev–Trinajstić information content (AvgIpc) is 3.23. The Balaban J connectivity index is 1.33. The second kappa shape index (κ2) is 7.94. The van der Waals surface area contributed by atoms with E-state index in [1.807, 2.05) is 36.4 Å². The minimum Gasteiger partial charge on any atom is -0.388 e. The average molecular weight is 390 g/mol. The highest BCUT2D eigenvalue weighted by molar-refractivity contribution is 5.88. The van der Waals surface area contributed by atoms with Crippen LogP contribution in [0.1, 0.15) is 47.2 Å². The summed E-state index contributed by atoms with van der Waals surface area (Å²) in [7, 11) is 0. The van der Waals surface area contributed by atoms with Crippen molar-refractivity contribution in [2.24, 2.45) is 0 Å². The Hall–Kier alpha value is -3.37. The highest BCUT2D eigenvalue weighted by atomic mass is 16.3. The Morgan fingerprint density at radius 2 is 1.79 bits per heavy atom. The molecule has 0 bridgehead atoms. The number of amides is 3. The smallest absolute Gasteiger partial charge is 0.315 e. The number of aliphatic hydroxyl groups excluding tert-OH is 1. The fourth-order valence-electron chi connectivity index (χ4n) is 4.04. The lowest BCUT2D eigenvalue weighted by atomic mass is 10.1. The van der Waals surface area contributed by atoms with E-state index in [9.17, 15) is 14.7 Å². The van der Waals surface area contributed by atoms with Crippen LogP contribution in [0.2, 0.25) is 0 Å². The first kappa shape index (κ1) is 19.0. The molecular weight excluding hydrogens is 368 g/mol. The molecule has 1 saturated heterocycles. The molecule has 3 N–H and O–H groups in total. The summed E-state index contributed by atoms with van der Waals surface area (Å²) in [6.07, 6.45) is 0.385. The molecule has 2 aromatic rings. The van der Waals surface area contributed by atoms with Crippen LogP contribution >= 0.6 is 0 Å². The number of likely N-dealkylation sites (tertiary alicyclic amines) is 1.